The number of carbonyl (C=O) groups excluding carboxylic acids is 3. The molecule has 174 valence electrons. The van der Waals surface area contributed by atoms with Crippen LogP contribution in [0.1, 0.15) is 37.5 Å². The van der Waals surface area contributed by atoms with Crippen molar-refractivity contribution in [1.29, 1.82) is 0 Å². The Kier molecular flexibility index (Phi) is 7.18. The van der Waals surface area contributed by atoms with E-state index < -0.39 is 0 Å². The first-order chi connectivity index (χ1) is 16.5. The van der Waals surface area contributed by atoms with Gasteiger partial charge in [0.05, 0.1) is 25.3 Å². The number of carbonyl (C=O) groups is 3. The number of ether oxygens (including phenoxy) is 2. The van der Waals surface area contributed by atoms with Gasteiger partial charge in [-0.3, -0.25) is 19.3 Å². The van der Waals surface area contributed by atoms with Gasteiger partial charge < -0.3 is 14.8 Å². The molecule has 1 aliphatic heterocycles. The second-order valence-corrected chi connectivity index (χ2v) is 8.73. The number of fused-ring (bicyclic) bond motifs is 1. The van der Waals surface area contributed by atoms with Crippen LogP contribution in [-0.4, -0.2) is 49.1 Å². The number of anilines is 1. The van der Waals surface area contributed by atoms with Crippen molar-refractivity contribution in [3.05, 3.63) is 83.4 Å². The van der Waals surface area contributed by atoms with Crippen LogP contribution in [0.2, 0.25) is 0 Å². The third-order valence-corrected chi connectivity index (χ3v) is 6.49. The summed E-state index contributed by atoms with van der Waals surface area (Å²) in [6, 6.07) is 19.4. The highest BCUT2D eigenvalue weighted by Crippen LogP contribution is 2.29. The van der Waals surface area contributed by atoms with Crippen molar-refractivity contribution in [1.82, 2.24) is 4.90 Å². The molecule has 8 heteroatoms. The summed E-state index contributed by atoms with van der Waals surface area (Å²) in [6.07, 6.45) is 0.665. The molecule has 0 bridgehead atoms. The zero-order valence-corrected chi connectivity index (χ0v) is 19.7. The number of nitrogens with zero attached hydrogens (tertiary/aromatic N) is 1. The summed E-state index contributed by atoms with van der Waals surface area (Å²) in [5, 5.41) is 2.90. The van der Waals surface area contributed by atoms with Crippen LogP contribution >= 0.6 is 11.8 Å². The van der Waals surface area contributed by atoms with Crippen molar-refractivity contribution in [2.45, 2.75) is 11.3 Å². The van der Waals surface area contributed by atoms with Gasteiger partial charge in [0.2, 0.25) is 0 Å². The van der Waals surface area contributed by atoms with Crippen LogP contribution in [-0.2, 0) is 0 Å². The summed E-state index contributed by atoms with van der Waals surface area (Å²) < 4.78 is 10.5. The Labute approximate surface area is 202 Å². The number of benzene rings is 3. The molecule has 0 atom stereocenters. The van der Waals surface area contributed by atoms with Gasteiger partial charge in [-0.25, -0.2) is 0 Å². The number of hydrogen-bond acceptors (Lipinski definition) is 6. The molecular weight excluding hydrogens is 452 g/mol. The van der Waals surface area contributed by atoms with Crippen molar-refractivity contribution >= 4 is 35.2 Å². The normalized spacial score (nSPS) is 12.5. The SMILES string of the molecule is COc1ccc(C(=O)Nc2cccc(SCCCN3C(=O)c4ccccc4C3=O)c2)cc1OC. The van der Waals surface area contributed by atoms with Crippen molar-refractivity contribution < 1.29 is 23.9 Å². The molecule has 0 spiro atoms. The molecule has 1 N–H and O–H groups in total. The van der Waals surface area contributed by atoms with Crippen LogP contribution < -0.4 is 14.8 Å². The number of amides is 3. The first-order valence-electron chi connectivity index (χ1n) is 10.7. The quantitative estimate of drug-likeness (QED) is 0.273. The standard InChI is InChI=1S/C26H24N2O5S/c1-32-22-12-11-17(15-23(22)33-2)24(29)27-18-7-5-8-19(16-18)34-14-6-13-28-25(30)20-9-3-4-10-21(20)26(28)31/h3-5,7-12,15-16H,6,13-14H2,1-2H3,(H,27,29). The van der Waals surface area contributed by atoms with Crippen molar-refractivity contribution in [3.8, 4) is 11.5 Å². The summed E-state index contributed by atoms with van der Waals surface area (Å²) >= 11 is 1.60. The van der Waals surface area contributed by atoms with E-state index in [1.807, 2.05) is 24.3 Å². The summed E-state index contributed by atoms with van der Waals surface area (Å²) in [4.78, 5) is 39.9. The highest BCUT2D eigenvalue weighted by atomic mass is 32.2. The number of imide groups is 1. The average Bonchev–Trinajstić information content (AvgIpc) is 3.11. The summed E-state index contributed by atoms with van der Waals surface area (Å²) in [5.41, 5.74) is 2.07. The Morgan fingerprint density at radius 1 is 0.882 bits per heavy atom. The third-order valence-electron chi connectivity index (χ3n) is 5.41. The lowest BCUT2D eigenvalue weighted by atomic mass is 10.1. The molecular formula is C26H24N2O5S. The van der Waals surface area contributed by atoms with E-state index in [1.54, 1.807) is 61.3 Å². The van der Waals surface area contributed by atoms with Gasteiger partial charge in [-0.2, -0.15) is 0 Å². The zero-order valence-electron chi connectivity index (χ0n) is 18.9. The van der Waals surface area contributed by atoms with E-state index in [9.17, 15) is 14.4 Å². The predicted octanol–water partition coefficient (Wildman–Crippen LogP) is 4.73. The van der Waals surface area contributed by atoms with Crippen LogP contribution in [0.4, 0.5) is 5.69 Å². The van der Waals surface area contributed by atoms with Gasteiger partial charge in [-0.15, -0.1) is 11.8 Å². The second kappa shape index (κ2) is 10.4. The minimum absolute atomic E-state index is 0.231. The maximum Gasteiger partial charge on any atom is 0.261 e. The van der Waals surface area contributed by atoms with Gasteiger partial charge >= 0.3 is 0 Å². The van der Waals surface area contributed by atoms with Crippen LogP contribution in [0, 0.1) is 0 Å². The minimum atomic E-state index is -0.256. The lowest BCUT2D eigenvalue weighted by Gasteiger charge is -2.13. The largest absolute Gasteiger partial charge is 0.493 e. The molecule has 0 aromatic heterocycles. The van der Waals surface area contributed by atoms with Crippen molar-refractivity contribution in [2.75, 3.05) is 31.8 Å². The number of rotatable bonds is 9. The molecule has 0 aliphatic carbocycles. The summed E-state index contributed by atoms with van der Waals surface area (Å²) in [6.45, 7) is 0.370. The number of nitrogens with one attached hydrogen (secondary N) is 1. The van der Waals surface area contributed by atoms with Crippen LogP contribution in [0.15, 0.2) is 71.6 Å². The Balaban J connectivity index is 1.31. The van der Waals surface area contributed by atoms with E-state index in [2.05, 4.69) is 5.32 Å². The third kappa shape index (κ3) is 4.92. The van der Waals surface area contributed by atoms with E-state index in [0.717, 1.165) is 10.6 Å². The van der Waals surface area contributed by atoms with Gasteiger partial charge in [0.15, 0.2) is 11.5 Å². The molecule has 3 aromatic carbocycles. The second-order valence-electron chi connectivity index (χ2n) is 7.56. The Hall–Kier alpha value is -3.78. The van der Waals surface area contributed by atoms with Gasteiger partial charge in [-0.05, 0) is 60.7 Å². The summed E-state index contributed by atoms with van der Waals surface area (Å²) in [7, 11) is 3.06. The van der Waals surface area contributed by atoms with E-state index in [1.165, 1.54) is 12.0 Å². The fraction of sp³-hybridized carbons (Fsp3) is 0.192. The molecule has 7 nitrogen and oxygen atoms in total. The summed E-state index contributed by atoms with van der Waals surface area (Å²) in [5.74, 6) is 1.04. The molecule has 0 radical (unpaired) electrons. The molecule has 0 saturated heterocycles. The zero-order chi connectivity index (χ0) is 24.1. The van der Waals surface area contributed by atoms with E-state index in [0.29, 0.717) is 46.8 Å². The molecule has 0 saturated carbocycles. The lowest BCUT2D eigenvalue weighted by molar-refractivity contribution is 0.0654. The maximum absolute atomic E-state index is 12.7. The molecule has 1 aliphatic rings. The van der Waals surface area contributed by atoms with E-state index in [-0.39, 0.29) is 17.7 Å². The first-order valence-corrected chi connectivity index (χ1v) is 11.7. The molecule has 3 aromatic rings. The highest BCUT2D eigenvalue weighted by molar-refractivity contribution is 7.99. The fourth-order valence-electron chi connectivity index (χ4n) is 3.70. The number of thioether (sulfide) groups is 1. The van der Waals surface area contributed by atoms with Gasteiger partial charge in [-0.1, -0.05) is 18.2 Å². The van der Waals surface area contributed by atoms with Crippen LogP contribution in [0.5, 0.6) is 11.5 Å². The number of hydrogen-bond donors (Lipinski definition) is 1. The maximum atomic E-state index is 12.7. The Morgan fingerprint density at radius 3 is 2.26 bits per heavy atom. The Morgan fingerprint density at radius 2 is 1.59 bits per heavy atom. The van der Waals surface area contributed by atoms with Gasteiger partial charge in [0, 0.05) is 22.7 Å². The predicted molar refractivity (Wildman–Crippen MR) is 131 cm³/mol. The molecule has 0 fully saturated rings. The van der Waals surface area contributed by atoms with Crippen molar-refractivity contribution in [3.63, 3.8) is 0 Å². The molecule has 4 rings (SSSR count). The minimum Gasteiger partial charge on any atom is -0.493 e. The van der Waals surface area contributed by atoms with E-state index in [4.69, 9.17) is 9.47 Å². The highest BCUT2D eigenvalue weighted by Gasteiger charge is 2.34. The van der Waals surface area contributed by atoms with Crippen molar-refractivity contribution in [2.24, 2.45) is 0 Å². The monoisotopic (exact) mass is 476 g/mol. The van der Waals surface area contributed by atoms with Gasteiger partial charge in [0.1, 0.15) is 0 Å². The fourth-order valence-corrected chi connectivity index (χ4v) is 4.59. The number of methoxy groups -OCH3 is 2. The first kappa shape index (κ1) is 23.4. The topological polar surface area (TPSA) is 84.9 Å². The Bertz CT molecular complexity index is 1210. The van der Waals surface area contributed by atoms with E-state index >= 15 is 0 Å². The molecule has 34 heavy (non-hydrogen) atoms. The van der Waals surface area contributed by atoms with Crippen LogP contribution in [0.25, 0.3) is 0 Å². The smallest absolute Gasteiger partial charge is 0.261 e. The average molecular weight is 477 g/mol. The molecule has 3 amide bonds. The molecule has 0 unspecified atom stereocenters. The van der Waals surface area contributed by atoms with Crippen LogP contribution in [0.3, 0.4) is 0 Å². The van der Waals surface area contributed by atoms with Gasteiger partial charge in [0.25, 0.3) is 17.7 Å². The lowest BCUT2D eigenvalue weighted by Crippen LogP contribution is -2.30. The molecule has 1 heterocycles.